The van der Waals surface area contributed by atoms with Crippen molar-refractivity contribution in [1.29, 1.82) is 0 Å². The number of likely N-dealkylation sites (tertiary alicyclic amines) is 2. The summed E-state index contributed by atoms with van der Waals surface area (Å²) in [7, 11) is 0. The number of piperidine rings is 1. The van der Waals surface area contributed by atoms with E-state index in [1.54, 1.807) is 0 Å². The van der Waals surface area contributed by atoms with Crippen LogP contribution in [0.4, 0.5) is 4.39 Å². The number of fused-ring (bicyclic) bond motifs is 1. The maximum atomic E-state index is 13.2. The number of carbonyl (C=O) groups excluding carboxylic acids is 1. The van der Waals surface area contributed by atoms with Crippen LogP contribution >= 0.6 is 0 Å². The fraction of sp³-hybridized carbons (Fsp3) is 0.375. The number of hydrogen-bond acceptors (Lipinski definition) is 2. The van der Waals surface area contributed by atoms with Gasteiger partial charge in [0.2, 0.25) is 0 Å². The van der Waals surface area contributed by atoms with Crippen molar-refractivity contribution in [2.24, 2.45) is 5.41 Å². The number of halogens is 1. The molecule has 2 aliphatic heterocycles. The summed E-state index contributed by atoms with van der Waals surface area (Å²) in [6, 6.07) is 16.8. The normalized spacial score (nSPS) is 22.6. The first-order valence-corrected chi connectivity index (χ1v) is 10.4. The molecule has 1 atom stereocenters. The van der Waals surface area contributed by atoms with Crippen LogP contribution in [0, 0.1) is 11.2 Å². The molecule has 1 unspecified atom stereocenters. The molecule has 1 N–H and O–H groups in total. The predicted molar refractivity (Wildman–Crippen MR) is 112 cm³/mol. The Morgan fingerprint density at radius 1 is 1.03 bits per heavy atom. The average molecular weight is 391 g/mol. The van der Waals surface area contributed by atoms with Gasteiger partial charge in [0, 0.05) is 42.5 Å². The standard InChI is InChI=1S/C24H26FN3O/c25-20-8-6-18(7-9-20)15-27-12-3-10-24(16-27)11-13-28(17-24)23(29)22-14-19-4-1-2-5-21(19)26-22/h1-2,4-9,14,26H,3,10-13,15-17H2. The van der Waals surface area contributed by atoms with E-state index in [1.165, 1.54) is 18.6 Å². The zero-order chi connectivity index (χ0) is 19.8. The lowest BCUT2D eigenvalue weighted by Crippen LogP contribution is -2.45. The molecule has 150 valence electrons. The van der Waals surface area contributed by atoms with Crippen LogP contribution in [0.15, 0.2) is 54.6 Å². The van der Waals surface area contributed by atoms with Crippen molar-refractivity contribution in [1.82, 2.24) is 14.8 Å². The number of para-hydroxylation sites is 1. The molecule has 4 nitrogen and oxygen atoms in total. The minimum absolute atomic E-state index is 0.105. The molecule has 0 bridgehead atoms. The van der Waals surface area contributed by atoms with Gasteiger partial charge in [0.05, 0.1) is 0 Å². The number of aromatic nitrogens is 1. The van der Waals surface area contributed by atoms with Gasteiger partial charge in [-0.1, -0.05) is 30.3 Å². The molecule has 1 amide bonds. The summed E-state index contributed by atoms with van der Waals surface area (Å²) in [5.41, 5.74) is 3.02. The lowest BCUT2D eigenvalue weighted by molar-refractivity contribution is 0.0671. The summed E-state index contributed by atoms with van der Waals surface area (Å²) < 4.78 is 13.2. The summed E-state index contributed by atoms with van der Waals surface area (Å²) in [6.07, 6.45) is 3.37. The molecule has 3 aromatic rings. The van der Waals surface area contributed by atoms with Gasteiger partial charge in [0.25, 0.3) is 5.91 Å². The maximum Gasteiger partial charge on any atom is 0.270 e. The van der Waals surface area contributed by atoms with Crippen LogP contribution in [0.5, 0.6) is 0 Å². The monoisotopic (exact) mass is 391 g/mol. The van der Waals surface area contributed by atoms with E-state index in [4.69, 9.17) is 0 Å². The quantitative estimate of drug-likeness (QED) is 0.717. The highest BCUT2D eigenvalue weighted by Gasteiger charge is 2.43. The molecule has 5 rings (SSSR count). The average Bonchev–Trinajstić information content (AvgIpc) is 3.34. The van der Waals surface area contributed by atoms with Crippen molar-refractivity contribution in [3.05, 3.63) is 71.7 Å². The van der Waals surface area contributed by atoms with Gasteiger partial charge >= 0.3 is 0 Å². The highest BCUT2D eigenvalue weighted by Crippen LogP contribution is 2.40. The number of benzene rings is 2. The number of hydrogen-bond donors (Lipinski definition) is 1. The first-order valence-electron chi connectivity index (χ1n) is 10.4. The topological polar surface area (TPSA) is 39.3 Å². The van der Waals surface area contributed by atoms with E-state index in [1.807, 2.05) is 47.4 Å². The summed E-state index contributed by atoms with van der Waals surface area (Å²) in [4.78, 5) is 20.9. The molecule has 2 fully saturated rings. The van der Waals surface area contributed by atoms with E-state index in [0.717, 1.165) is 62.0 Å². The van der Waals surface area contributed by atoms with E-state index >= 15 is 0 Å². The van der Waals surface area contributed by atoms with Crippen LogP contribution in [0.2, 0.25) is 0 Å². The number of nitrogens with one attached hydrogen (secondary N) is 1. The smallest absolute Gasteiger partial charge is 0.270 e. The van der Waals surface area contributed by atoms with Gasteiger partial charge in [-0.05, 0) is 55.6 Å². The Labute approximate surface area is 170 Å². The molecule has 2 saturated heterocycles. The summed E-state index contributed by atoms with van der Waals surface area (Å²) >= 11 is 0. The molecule has 0 saturated carbocycles. The zero-order valence-electron chi connectivity index (χ0n) is 16.5. The molecule has 1 spiro atoms. The van der Waals surface area contributed by atoms with Crippen molar-refractivity contribution in [3.8, 4) is 0 Å². The molecule has 29 heavy (non-hydrogen) atoms. The van der Waals surface area contributed by atoms with E-state index in [9.17, 15) is 9.18 Å². The third-order valence-electron chi connectivity index (χ3n) is 6.55. The summed E-state index contributed by atoms with van der Waals surface area (Å²) in [5.74, 6) is -0.0838. The second-order valence-corrected chi connectivity index (χ2v) is 8.69. The van der Waals surface area contributed by atoms with Crippen LogP contribution in [-0.2, 0) is 6.54 Å². The van der Waals surface area contributed by atoms with Crippen molar-refractivity contribution in [2.45, 2.75) is 25.8 Å². The Morgan fingerprint density at radius 3 is 2.69 bits per heavy atom. The number of amides is 1. The van der Waals surface area contributed by atoms with Crippen LogP contribution < -0.4 is 0 Å². The van der Waals surface area contributed by atoms with E-state index < -0.39 is 0 Å². The van der Waals surface area contributed by atoms with E-state index in [2.05, 4.69) is 9.88 Å². The fourth-order valence-electron chi connectivity index (χ4n) is 5.09. The van der Waals surface area contributed by atoms with Crippen molar-refractivity contribution in [2.75, 3.05) is 26.2 Å². The predicted octanol–water partition coefficient (Wildman–Crippen LogP) is 4.44. The largest absolute Gasteiger partial charge is 0.351 e. The molecule has 2 aliphatic rings. The van der Waals surface area contributed by atoms with Crippen molar-refractivity contribution >= 4 is 16.8 Å². The highest BCUT2D eigenvalue weighted by atomic mass is 19.1. The van der Waals surface area contributed by atoms with Gasteiger partial charge in [-0.3, -0.25) is 9.69 Å². The van der Waals surface area contributed by atoms with Gasteiger partial charge in [-0.25, -0.2) is 4.39 Å². The minimum Gasteiger partial charge on any atom is -0.351 e. The van der Waals surface area contributed by atoms with Gasteiger partial charge in [-0.15, -0.1) is 0 Å². The van der Waals surface area contributed by atoms with Crippen molar-refractivity contribution < 1.29 is 9.18 Å². The zero-order valence-corrected chi connectivity index (χ0v) is 16.5. The number of carbonyl (C=O) groups is 1. The third-order valence-corrected chi connectivity index (χ3v) is 6.55. The van der Waals surface area contributed by atoms with Crippen molar-refractivity contribution in [3.63, 3.8) is 0 Å². The molecule has 1 aromatic heterocycles. The fourth-order valence-corrected chi connectivity index (χ4v) is 5.09. The summed E-state index contributed by atoms with van der Waals surface area (Å²) in [5, 5.41) is 1.08. The van der Waals surface area contributed by atoms with Gasteiger partial charge in [0.15, 0.2) is 0 Å². The lowest BCUT2D eigenvalue weighted by atomic mass is 9.79. The Bertz CT molecular complexity index is 995. The lowest BCUT2D eigenvalue weighted by Gasteiger charge is -2.40. The Morgan fingerprint density at radius 2 is 1.86 bits per heavy atom. The second-order valence-electron chi connectivity index (χ2n) is 8.69. The SMILES string of the molecule is O=C(c1cc2ccccc2[nH]1)N1CCC2(CCCN(Cc3ccc(F)cc3)C2)C1. The molecule has 0 radical (unpaired) electrons. The van der Waals surface area contributed by atoms with Crippen LogP contribution in [-0.4, -0.2) is 46.9 Å². The molecule has 3 heterocycles. The number of H-pyrrole nitrogens is 1. The number of nitrogens with zero attached hydrogens (tertiary/aromatic N) is 2. The molecular weight excluding hydrogens is 365 g/mol. The van der Waals surface area contributed by atoms with Crippen LogP contribution in [0.3, 0.4) is 0 Å². The van der Waals surface area contributed by atoms with Crippen LogP contribution in [0.25, 0.3) is 10.9 Å². The minimum atomic E-state index is -0.189. The second kappa shape index (κ2) is 7.30. The molecule has 2 aromatic carbocycles. The van der Waals surface area contributed by atoms with Gasteiger partial charge in [-0.2, -0.15) is 0 Å². The maximum absolute atomic E-state index is 13.2. The number of aromatic amines is 1. The number of rotatable bonds is 3. The van der Waals surface area contributed by atoms with E-state index in [-0.39, 0.29) is 17.1 Å². The highest BCUT2D eigenvalue weighted by molar-refractivity contribution is 5.98. The Hall–Kier alpha value is -2.66. The molecule has 0 aliphatic carbocycles. The van der Waals surface area contributed by atoms with Gasteiger partial charge in [0.1, 0.15) is 11.5 Å². The Kier molecular flexibility index (Phi) is 4.63. The van der Waals surface area contributed by atoms with E-state index in [0.29, 0.717) is 5.69 Å². The molecular formula is C24H26FN3O. The first-order chi connectivity index (χ1) is 14.1. The van der Waals surface area contributed by atoms with Gasteiger partial charge < -0.3 is 9.88 Å². The Balaban J connectivity index is 1.27. The first kappa shape index (κ1) is 18.4. The summed E-state index contributed by atoms with van der Waals surface area (Å²) in [6.45, 7) is 4.55. The van der Waals surface area contributed by atoms with Crippen LogP contribution in [0.1, 0.15) is 35.3 Å². The molecule has 5 heteroatoms. The third kappa shape index (κ3) is 3.67.